The minimum atomic E-state index is -0.166. The number of benzene rings is 1. The summed E-state index contributed by atoms with van der Waals surface area (Å²) >= 11 is 0. The normalized spacial score (nSPS) is 21.7. The molecule has 1 aliphatic carbocycles. The summed E-state index contributed by atoms with van der Waals surface area (Å²) in [6.45, 7) is 1.77. The number of ketones is 1. The molecular formula is C13H15FO. The molecule has 2 heteroatoms. The summed E-state index contributed by atoms with van der Waals surface area (Å²) in [5.41, 5.74) is 1.78. The first-order valence-electron chi connectivity index (χ1n) is 5.44. The van der Waals surface area contributed by atoms with E-state index in [2.05, 4.69) is 0 Å². The van der Waals surface area contributed by atoms with E-state index in [9.17, 15) is 9.18 Å². The molecule has 1 fully saturated rings. The van der Waals surface area contributed by atoms with Crippen LogP contribution in [-0.4, -0.2) is 5.78 Å². The molecule has 0 heterocycles. The van der Waals surface area contributed by atoms with Gasteiger partial charge >= 0.3 is 0 Å². The molecule has 1 unspecified atom stereocenters. The number of carbonyl (C=O) groups is 1. The summed E-state index contributed by atoms with van der Waals surface area (Å²) in [4.78, 5) is 11.3. The van der Waals surface area contributed by atoms with Crippen molar-refractivity contribution in [2.24, 2.45) is 0 Å². The lowest BCUT2D eigenvalue weighted by atomic mass is 9.83. The second-order valence-electron chi connectivity index (χ2n) is 4.34. The van der Waals surface area contributed by atoms with E-state index in [0.29, 0.717) is 23.7 Å². The van der Waals surface area contributed by atoms with E-state index < -0.39 is 0 Å². The van der Waals surface area contributed by atoms with Gasteiger partial charge in [-0.15, -0.1) is 0 Å². The van der Waals surface area contributed by atoms with Crippen molar-refractivity contribution in [3.05, 3.63) is 35.1 Å². The van der Waals surface area contributed by atoms with Crippen molar-refractivity contribution in [1.82, 2.24) is 0 Å². The molecule has 0 aliphatic heterocycles. The highest BCUT2D eigenvalue weighted by molar-refractivity contribution is 5.80. The Bertz CT molecular complexity index is 384. The lowest BCUT2D eigenvalue weighted by Crippen LogP contribution is -2.13. The van der Waals surface area contributed by atoms with Crippen molar-refractivity contribution >= 4 is 5.78 Å². The highest BCUT2D eigenvalue weighted by Gasteiger charge is 2.21. The van der Waals surface area contributed by atoms with Crippen LogP contribution < -0.4 is 0 Å². The van der Waals surface area contributed by atoms with Gasteiger partial charge < -0.3 is 0 Å². The smallest absolute Gasteiger partial charge is 0.133 e. The van der Waals surface area contributed by atoms with Crippen molar-refractivity contribution in [3.8, 4) is 0 Å². The van der Waals surface area contributed by atoms with Crippen molar-refractivity contribution in [2.45, 2.75) is 38.5 Å². The second-order valence-corrected chi connectivity index (χ2v) is 4.34. The first kappa shape index (κ1) is 10.3. The van der Waals surface area contributed by atoms with Crippen LogP contribution in [0.4, 0.5) is 4.39 Å². The number of Topliss-reactive ketones (excluding diaryl/α,β-unsaturated/α-hetero) is 1. The standard InChI is InChI=1S/C13H15FO/c1-9-7-11(5-6-13(9)14)10-3-2-4-12(15)8-10/h5-7,10H,2-4,8H2,1H3. The van der Waals surface area contributed by atoms with Gasteiger partial charge in [-0.2, -0.15) is 0 Å². The maximum atomic E-state index is 13.1. The van der Waals surface area contributed by atoms with E-state index in [-0.39, 0.29) is 5.82 Å². The summed E-state index contributed by atoms with van der Waals surface area (Å²) in [7, 11) is 0. The lowest BCUT2D eigenvalue weighted by molar-refractivity contribution is -0.120. The SMILES string of the molecule is Cc1cc(C2CCCC(=O)C2)ccc1F. The second kappa shape index (κ2) is 4.13. The Kier molecular flexibility index (Phi) is 2.85. The topological polar surface area (TPSA) is 17.1 Å². The minimum Gasteiger partial charge on any atom is -0.300 e. The van der Waals surface area contributed by atoms with Gasteiger partial charge in [-0.05, 0) is 42.9 Å². The van der Waals surface area contributed by atoms with Crippen LogP contribution in [0.3, 0.4) is 0 Å². The van der Waals surface area contributed by atoms with Gasteiger partial charge in [-0.25, -0.2) is 4.39 Å². The molecule has 0 bridgehead atoms. The molecule has 1 aromatic rings. The Morgan fingerprint density at radius 3 is 2.87 bits per heavy atom. The number of hydrogen-bond acceptors (Lipinski definition) is 1. The van der Waals surface area contributed by atoms with Gasteiger partial charge in [-0.3, -0.25) is 4.79 Å². The number of rotatable bonds is 1. The molecule has 1 aromatic carbocycles. The Morgan fingerprint density at radius 2 is 2.20 bits per heavy atom. The summed E-state index contributed by atoms with van der Waals surface area (Å²) in [5.74, 6) is 0.486. The maximum absolute atomic E-state index is 13.1. The van der Waals surface area contributed by atoms with Gasteiger partial charge in [0.15, 0.2) is 0 Å². The molecule has 1 aliphatic rings. The average Bonchev–Trinajstić information content (AvgIpc) is 2.22. The maximum Gasteiger partial charge on any atom is 0.133 e. The van der Waals surface area contributed by atoms with Gasteiger partial charge in [0.2, 0.25) is 0 Å². The molecular weight excluding hydrogens is 191 g/mol. The van der Waals surface area contributed by atoms with Gasteiger partial charge in [-0.1, -0.05) is 12.1 Å². The molecule has 80 valence electrons. The summed E-state index contributed by atoms with van der Waals surface area (Å²) in [6.07, 6.45) is 3.37. The Balaban J connectivity index is 2.21. The molecule has 1 nitrogen and oxygen atoms in total. The van der Waals surface area contributed by atoms with Crippen molar-refractivity contribution < 1.29 is 9.18 Å². The largest absolute Gasteiger partial charge is 0.300 e. The quantitative estimate of drug-likeness (QED) is 0.688. The molecule has 15 heavy (non-hydrogen) atoms. The summed E-state index contributed by atoms with van der Waals surface area (Å²) in [6, 6.07) is 5.19. The number of carbonyl (C=O) groups excluding carboxylic acids is 1. The third-order valence-corrected chi connectivity index (χ3v) is 3.14. The van der Waals surface area contributed by atoms with Gasteiger partial charge in [0.1, 0.15) is 11.6 Å². The minimum absolute atomic E-state index is 0.166. The summed E-state index contributed by atoms with van der Waals surface area (Å²) in [5, 5.41) is 0. The van der Waals surface area contributed by atoms with Crippen molar-refractivity contribution in [2.75, 3.05) is 0 Å². The van der Waals surface area contributed by atoms with Gasteiger partial charge in [0.25, 0.3) is 0 Å². The third-order valence-electron chi connectivity index (χ3n) is 3.14. The van der Waals surface area contributed by atoms with Crippen molar-refractivity contribution in [3.63, 3.8) is 0 Å². The van der Waals surface area contributed by atoms with Crippen LogP contribution in [0.25, 0.3) is 0 Å². The fraction of sp³-hybridized carbons (Fsp3) is 0.462. The number of hydrogen-bond donors (Lipinski definition) is 0. The van der Waals surface area contributed by atoms with Crippen LogP contribution in [0, 0.1) is 12.7 Å². The molecule has 0 N–H and O–H groups in total. The van der Waals surface area contributed by atoms with Crippen LogP contribution in [0.15, 0.2) is 18.2 Å². The van der Waals surface area contributed by atoms with E-state index in [1.165, 1.54) is 6.07 Å². The number of halogens is 1. The molecule has 1 saturated carbocycles. The zero-order chi connectivity index (χ0) is 10.8. The van der Waals surface area contributed by atoms with Crippen LogP contribution in [0.5, 0.6) is 0 Å². The third kappa shape index (κ3) is 2.25. The molecule has 0 saturated heterocycles. The van der Waals surface area contributed by atoms with Gasteiger partial charge in [0, 0.05) is 12.8 Å². The Morgan fingerprint density at radius 1 is 1.40 bits per heavy atom. The van der Waals surface area contributed by atoms with Crippen LogP contribution >= 0.6 is 0 Å². The van der Waals surface area contributed by atoms with Crippen LogP contribution in [0.1, 0.15) is 42.7 Å². The van der Waals surface area contributed by atoms with E-state index in [1.807, 2.05) is 12.1 Å². The predicted molar refractivity (Wildman–Crippen MR) is 57.4 cm³/mol. The zero-order valence-corrected chi connectivity index (χ0v) is 8.92. The van der Waals surface area contributed by atoms with E-state index in [4.69, 9.17) is 0 Å². The average molecular weight is 206 g/mol. The molecule has 0 radical (unpaired) electrons. The van der Waals surface area contributed by atoms with Crippen LogP contribution in [0.2, 0.25) is 0 Å². The Labute approximate surface area is 89.3 Å². The van der Waals surface area contributed by atoms with E-state index in [1.54, 1.807) is 6.92 Å². The monoisotopic (exact) mass is 206 g/mol. The number of aryl methyl sites for hydroxylation is 1. The van der Waals surface area contributed by atoms with E-state index >= 15 is 0 Å². The lowest BCUT2D eigenvalue weighted by Gasteiger charge is -2.21. The predicted octanol–water partition coefficient (Wildman–Crippen LogP) is 3.36. The first-order chi connectivity index (χ1) is 7.16. The first-order valence-corrected chi connectivity index (χ1v) is 5.44. The highest BCUT2D eigenvalue weighted by atomic mass is 19.1. The summed E-state index contributed by atoms with van der Waals surface area (Å²) < 4.78 is 13.1. The van der Waals surface area contributed by atoms with Crippen LogP contribution in [-0.2, 0) is 4.79 Å². The molecule has 0 amide bonds. The fourth-order valence-corrected chi connectivity index (χ4v) is 2.23. The highest BCUT2D eigenvalue weighted by Crippen LogP contribution is 2.31. The zero-order valence-electron chi connectivity index (χ0n) is 8.92. The molecule has 0 aromatic heterocycles. The molecule has 2 rings (SSSR count). The Hall–Kier alpha value is -1.18. The van der Waals surface area contributed by atoms with Crippen molar-refractivity contribution in [1.29, 1.82) is 0 Å². The fourth-order valence-electron chi connectivity index (χ4n) is 2.23. The molecule has 1 atom stereocenters. The van der Waals surface area contributed by atoms with E-state index in [0.717, 1.165) is 24.8 Å². The molecule has 0 spiro atoms. The van der Waals surface area contributed by atoms with Gasteiger partial charge in [0.05, 0.1) is 0 Å².